The van der Waals surface area contributed by atoms with E-state index in [4.69, 9.17) is 4.74 Å². The predicted molar refractivity (Wildman–Crippen MR) is 113 cm³/mol. The fourth-order valence-electron chi connectivity index (χ4n) is 3.02. The highest BCUT2D eigenvalue weighted by molar-refractivity contribution is 5.85. The van der Waals surface area contributed by atoms with Crippen LogP contribution in [0.15, 0.2) is 18.3 Å². The van der Waals surface area contributed by atoms with Crippen LogP contribution >= 0.6 is 0 Å². The third-order valence-corrected chi connectivity index (χ3v) is 4.68. The summed E-state index contributed by atoms with van der Waals surface area (Å²) in [5, 5.41) is 0. The van der Waals surface area contributed by atoms with Crippen LogP contribution in [0, 0.1) is 5.41 Å². The molecule has 0 saturated heterocycles. The minimum absolute atomic E-state index is 0.00864. The number of carbonyl (C=O) groups excluding carboxylic acids is 2. The highest BCUT2D eigenvalue weighted by Crippen LogP contribution is 2.20. The van der Waals surface area contributed by atoms with Crippen LogP contribution in [-0.2, 0) is 27.9 Å². The number of aryl methyl sites for hydroxylation is 1. The topological polar surface area (TPSA) is 54.8 Å². The zero-order chi connectivity index (χ0) is 21.2. The molecule has 0 bridgehead atoms. The second-order valence-corrected chi connectivity index (χ2v) is 8.68. The summed E-state index contributed by atoms with van der Waals surface area (Å²) >= 11 is 0. The molecular weight excluding hydrogens is 354 g/mol. The Kier molecular flexibility index (Phi) is 10.3. The van der Waals surface area contributed by atoms with Gasteiger partial charge >= 0.3 is 0 Å². The lowest BCUT2D eigenvalue weighted by atomic mass is 9.91. The molecule has 0 aromatic carbocycles. The first-order valence-electron chi connectivity index (χ1n) is 10.3. The van der Waals surface area contributed by atoms with Gasteiger partial charge in [0.15, 0.2) is 0 Å². The van der Waals surface area contributed by atoms with E-state index < -0.39 is 0 Å². The molecule has 28 heavy (non-hydrogen) atoms. The average molecular weight is 394 g/mol. The number of amides is 2. The summed E-state index contributed by atoms with van der Waals surface area (Å²) in [4.78, 5) is 29.5. The summed E-state index contributed by atoms with van der Waals surface area (Å²) in [6.07, 6.45) is 5.13. The normalized spacial score (nSPS) is 11.5. The van der Waals surface area contributed by atoms with E-state index >= 15 is 0 Å². The van der Waals surface area contributed by atoms with Crippen molar-refractivity contribution in [2.45, 2.75) is 59.9 Å². The minimum atomic E-state index is -0.107. The van der Waals surface area contributed by atoms with Gasteiger partial charge in [-0.2, -0.15) is 0 Å². The monoisotopic (exact) mass is 393 g/mol. The molecular formula is C22H39N3O3. The number of methoxy groups -OCH3 is 1. The van der Waals surface area contributed by atoms with Crippen molar-refractivity contribution in [1.82, 2.24) is 14.4 Å². The van der Waals surface area contributed by atoms with E-state index in [1.165, 1.54) is 0 Å². The van der Waals surface area contributed by atoms with E-state index in [2.05, 4.69) is 6.92 Å². The number of nitrogens with zero attached hydrogens (tertiary/aromatic N) is 3. The number of rotatable bonds is 12. The van der Waals surface area contributed by atoms with Crippen LogP contribution in [-0.4, -0.2) is 59.5 Å². The second-order valence-electron chi connectivity index (χ2n) is 8.68. The Bertz CT molecular complexity index is 604. The number of carbonyl (C=O) groups is 2. The lowest BCUT2D eigenvalue weighted by molar-refractivity contribution is -0.142. The van der Waals surface area contributed by atoms with Crippen molar-refractivity contribution in [3.05, 3.63) is 24.0 Å². The Morgan fingerprint density at radius 2 is 1.79 bits per heavy atom. The summed E-state index contributed by atoms with van der Waals surface area (Å²) in [6.45, 7) is 10.8. The SMILES string of the molecule is CCCCN(Cc1cccn1C)C(=O)CN(CCCOC)C(=O)CC(C)(C)C. The highest BCUT2D eigenvalue weighted by atomic mass is 16.5. The van der Waals surface area contributed by atoms with Gasteiger partial charge in [-0.15, -0.1) is 0 Å². The Hall–Kier alpha value is -1.82. The zero-order valence-corrected chi connectivity index (χ0v) is 18.7. The van der Waals surface area contributed by atoms with E-state index in [0.29, 0.717) is 32.7 Å². The first kappa shape index (κ1) is 24.2. The molecule has 0 aliphatic heterocycles. The highest BCUT2D eigenvalue weighted by Gasteiger charge is 2.25. The summed E-state index contributed by atoms with van der Waals surface area (Å²) in [7, 11) is 3.64. The molecule has 160 valence electrons. The van der Waals surface area contributed by atoms with Gasteiger partial charge in [0, 0.05) is 52.2 Å². The Morgan fingerprint density at radius 3 is 2.32 bits per heavy atom. The summed E-state index contributed by atoms with van der Waals surface area (Å²) in [6, 6.07) is 4.02. The van der Waals surface area contributed by atoms with E-state index in [1.807, 2.05) is 55.6 Å². The summed E-state index contributed by atoms with van der Waals surface area (Å²) in [5.74, 6) is 0.0422. The van der Waals surface area contributed by atoms with E-state index in [9.17, 15) is 9.59 Å². The van der Waals surface area contributed by atoms with Gasteiger partial charge in [-0.1, -0.05) is 34.1 Å². The third kappa shape index (κ3) is 8.91. The number of hydrogen-bond acceptors (Lipinski definition) is 3. The summed E-state index contributed by atoms with van der Waals surface area (Å²) < 4.78 is 7.16. The smallest absolute Gasteiger partial charge is 0.242 e. The molecule has 6 heteroatoms. The average Bonchev–Trinajstić information content (AvgIpc) is 3.00. The lowest BCUT2D eigenvalue weighted by Gasteiger charge is -2.30. The maximum absolute atomic E-state index is 13.1. The van der Waals surface area contributed by atoms with E-state index in [-0.39, 0.29) is 23.8 Å². The van der Waals surface area contributed by atoms with Gasteiger partial charge in [0.25, 0.3) is 0 Å². The van der Waals surface area contributed by atoms with E-state index in [1.54, 1.807) is 12.0 Å². The van der Waals surface area contributed by atoms with Gasteiger partial charge in [-0.3, -0.25) is 9.59 Å². The number of ether oxygens (including phenoxy) is 1. The van der Waals surface area contributed by atoms with Crippen LogP contribution in [0.1, 0.15) is 59.1 Å². The Labute approximate surface area is 170 Å². The lowest BCUT2D eigenvalue weighted by Crippen LogP contribution is -2.44. The van der Waals surface area contributed by atoms with Crippen molar-refractivity contribution in [1.29, 1.82) is 0 Å². The van der Waals surface area contributed by atoms with Crippen molar-refractivity contribution < 1.29 is 14.3 Å². The molecule has 0 aliphatic rings. The predicted octanol–water partition coefficient (Wildman–Crippen LogP) is 3.46. The van der Waals surface area contributed by atoms with Crippen molar-refractivity contribution in [3.63, 3.8) is 0 Å². The fraction of sp³-hybridized carbons (Fsp3) is 0.727. The van der Waals surface area contributed by atoms with Crippen LogP contribution in [0.5, 0.6) is 0 Å². The van der Waals surface area contributed by atoms with Crippen molar-refractivity contribution in [3.8, 4) is 0 Å². The van der Waals surface area contributed by atoms with Gasteiger partial charge in [0.2, 0.25) is 11.8 Å². The molecule has 0 radical (unpaired) electrons. The molecule has 0 N–H and O–H groups in total. The van der Waals surface area contributed by atoms with Gasteiger partial charge < -0.3 is 19.1 Å². The van der Waals surface area contributed by atoms with Gasteiger partial charge in [0.1, 0.15) is 0 Å². The third-order valence-electron chi connectivity index (χ3n) is 4.68. The molecule has 0 atom stereocenters. The maximum atomic E-state index is 13.1. The van der Waals surface area contributed by atoms with Crippen LogP contribution in [0.2, 0.25) is 0 Å². The molecule has 1 heterocycles. The molecule has 0 spiro atoms. The van der Waals surface area contributed by atoms with Crippen molar-refractivity contribution in [2.75, 3.05) is 33.4 Å². The van der Waals surface area contributed by atoms with Gasteiger partial charge in [0.05, 0.1) is 13.1 Å². The minimum Gasteiger partial charge on any atom is -0.385 e. The summed E-state index contributed by atoms with van der Waals surface area (Å²) in [5.41, 5.74) is 0.987. The Morgan fingerprint density at radius 1 is 1.11 bits per heavy atom. The Balaban J connectivity index is 2.85. The van der Waals surface area contributed by atoms with Gasteiger partial charge in [-0.05, 0) is 30.4 Å². The molecule has 6 nitrogen and oxygen atoms in total. The van der Waals surface area contributed by atoms with Crippen LogP contribution in [0.3, 0.4) is 0 Å². The number of hydrogen-bond donors (Lipinski definition) is 0. The zero-order valence-electron chi connectivity index (χ0n) is 18.7. The first-order chi connectivity index (χ1) is 13.2. The molecule has 1 rings (SSSR count). The van der Waals surface area contributed by atoms with E-state index in [0.717, 1.165) is 25.0 Å². The van der Waals surface area contributed by atoms with Gasteiger partial charge in [-0.25, -0.2) is 0 Å². The maximum Gasteiger partial charge on any atom is 0.242 e. The molecule has 1 aromatic rings. The van der Waals surface area contributed by atoms with Crippen molar-refractivity contribution in [2.24, 2.45) is 12.5 Å². The molecule has 0 unspecified atom stereocenters. The second kappa shape index (κ2) is 11.9. The van der Waals surface area contributed by atoms with Crippen LogP contribution in [0.25, 0.3) is 0 Å². The molecule has 1 aromatic heterocycles. The fourth-order valence-corrected chi connectivity index (χ4v) is 3.02. The van der Waals surface area contributed by atoms with Crippen molar-refractivity contribution >= 4 is 11.8 Å². The quantitative estimate of drug-likeness (QED) is 0.511. The first-order valence-corrected chi connectivity index (χ1v) is 10.3. The largest absolute Gasteiger partial charge is 0.385 e. The van der Waals surface area contributed by atoms with Crippen LogP contribution < -0.4 is 0 Å². The molecule has 0 saturated carbocycles. The number of aromatic nitrogens is 1. The molecule has 0 fully saturated rings. The standard InChI is InChI=1S/C22H39N3O3/c1-7-8-13-24(17-19-11-9-12-23(19)5)21(27)18-25(14-10-15-28-6)20(26)16-22(2,3)4/h9,11-12H,7-8,10,13-18H2,1-6H3. The van der Waals surface area contributed by atoms with Crippen LogP contribution in [0.4, 0.5) is 0 Å². The molecule has 0 aliphatic carbocycles. The number of unbranched alkanes of at least 4 members (excludes halogenated alkanes) is 1. The molecule has 2 amide bonds.